The number of hydrogen-bond donors (Lipinski definition) is 0. The van der Waals surface area contributed by atoms with Gasteiger partial charge < -0.3 is 4.42 Å². The summed E-state index contributed by atoms with van der Waals surface area (Å²) >= 11 is 0. The van der Waals surface area contributed by atoms with E-state index >= 15 is 0 Å². The van der Waals surface area contributed by atoms with E-state index in [2.05, 4.69) is 158 Å². The van der Waals surface area contributed by atoms with Crippen LogP contribution in [0.25, 0.3) is 87.6 Å². The van der Waals surface area contributed by atoms with Crippen LogP contribution in [0.4, 0.5) is 0 Å². The second-order valence-electron chi connectivity index (χ2n) is 11.2. The van der Waals surface area contributed by atoms with Gasteiger partial charge in [0.05, 0.1) is 0 Å². The van der Waals surface area contributed by atoms with E-state index in [1.807, 2.05) is 0 Å². The summed E-state index contributed by atoms with van der Waals surface area (Å²) in [6.45, 7) is 0. The van der Waals surface area contributed by atoms with Crippen molar-refractivity contribution in [2.45, 2.75) is 0 Å². The molecule has 0 N–H and O–H groups in total. The topological polar surface area (TPSA) is 13.1 Å². The highest BCUT2D eigenvalue weighted by Gasteiger charge is 2.21. The summed E-state index contributed by atoms with van der Waals surface area (Å²) in [6, 6.07) is 56.6. The molecule has 43 heavy (non-hydrogen) atoms. The van der Waals surface area contributed by atoms with Gasteiger partial charge in [0.15, 0.2) is 0 Å². The zero-order valence-corrected chi connectivity index (χ0v) is 23.4. The molecule has 0 radical (unpaired) electrons. The quantitative estimate of drug-likeness (QED) is 0.201. The Hall–Kier alpha value is -5.66. The Balaban J connectivity index is 1.46. The van der Waals surface area contributed by atoms with Gasteiger partial charge in [-0.3, -0.25) is 0 Å². The minimum atomic E-state index is 0.906. The van der Waals surface area contributed by atoms with Crippen molar-refractivity contribution in [1.82, 2.24) is 0 Å². The van der Waals surface area contributed by atoms with Crippen molar-refractivity contribution in [3.05, 3.63) is 158 Å². The first-order valence-electron chi connectivity index (χ1n) is 14.8. The fraction of sp³-hybridized carbons (Fsp3) is 0. The molecule has 9 rings (SSSR count). The molecule has 0 saturated heterocycles. The van der Waals surface area contributed by atoms with Crippen molar-refractivity contribution >= 4 is 54.3 Å². The van der Waals surface area contributed by atoms with Crippen LogP contribution in [0, 0.1) is 0 Å². The Morgan fingerprint density at radius 2 is 0.837 bits per heavy atom. The van der Waals surface area contributed by atoms with Crippen molar-refractivity contribution in [2.75, 3.05) is 0 Å². The van der Waals surface area contributed by atoms with Crippen molar-refractivity contribution < 1.29 is 4.42 Å². The van der Waals surface area contributed by atoms with Gasteiger partial charge in [0.1, 0.15) is 11.2 Å². The van der Waals surface area contributed by atoms with Crippen LogP contribution in [-0.2, 0) is 0 Å². The number of fused-ring (bicyclic) bond motifs is 7. The normalized spacial score (nSPS) is 11.7. The minimum absolute atomic E-state index is 0.906. The average molecular weight is 547 g/mol. The molecule has 0 aliphatic heterocycles. The molecule has 8 aromatic carbocycles. The highest BCUT2D eigenvalue weighted by atomic mass is 16.3. The Kier molecular flexibility index (Phi) is 5.27. The van der Waals surface area contributed by atoms with Gasteiger partial charge in [-0.05, 0) is 72.4 Å². The second-order valence-corrected chi connectivity index (χ2v) is 11.2. The van der Waals surface area contributed by atoms with Crippen LogP contribution in [-0.4, -0.2) is 0 Å². The maximum absolute atomic E-state index is 6.74. The Morgan fingerprint density at radius 1 is 0.326 bits per heavy atom. The van der Waals surface area contributed by atoms with Gasteiger partial charge in [0.25, 0.3) is 0 Å². The molecular weight excluding hydrogens is 520 g/mol. The standard InChI is InChI=1S/C42H26O/c1-3-14-27(15-4-1)36-26-37-41-35(24-13-25-38(41)43-42(37)34-23-12-7-18-29(34)36)40-32-21-10-8-19-30(32)39(28-16-5-2-6-17-28)31-20-9-11-22-33(31)40/h1-26H. The van der Waals surface area contributed by atoms with E-state index < -0.39 is 0 Å². The third-order valence-electron chi connectivity index (χ3n) is 8.85. The van der Waals surface area contributed by atoms with Crippen LogP contribution in [0.2, 0.25) is 0 Å². The predicted octanol–water partition coefficient (Wildman–Crippen LogP) is 12.0. The fourth-order valence-corrected chi connectivity index (χ4v) is 7.05. The van der Waals surface area contributed by atoms with E-state index in [1.165, 1.54) is 60.3 Å². The SMILES string of the molecule is c1ccc(-c2c3ccccc3c(-c3cccc4oc5c6ccccc6c(-c6ccccc6)cc5c34)c3ccccc23)cc1. The lowest BCUT2D eigenvalue weighted by atomic mass is 9.84. The third-order valence-corrected chi connectivity index (χ3v) is 8.85. The van der Waals surface area contributed by atoms with Gasteiger partial charge in [-0.2, -0.15) is 0 Å². The maximum atomic E-state index is 6.74. The molecule has 1 aromatic heterocycles. The second kappa shape index (κ2) is 9.44. The van der Waals surface area contributed by atoms with Crippen LogP contribution < -0.4 is 0 Å². The van der Waals surface area contributed by atoms with E-state index in [9.17, 15) is 0 Å². The zero-order chi connectivity index (χ0) is 28.3. The summed E-state index contributed by atoms with van der Waals surface area (Å²) in [5.74, 6) is 0. The van der Waals surface area contributed by atoms with E-state index in [0.717, 1.165) is 27.3 Å². The predicted molar refractivity (Wildman–Crippen MR) is 183 cm³/mol. The van der Waals surface area contributed by atoms with Gasteiger partial charge >= 0.3 is 0 Å². The van der Waals surface area contributed by atoms with E-state index in [1.54, 1.807) is 0 Å². The molecule has 0 aliphatic carbocycles. The minimum Gasteiger partial charge on any atom is -0.455 e. The molecular formula is C42H26O. The van der Waals surface area contributed by atoms with Crippen molar-refractivity contribution in [3.63, 3.8) is 0 Å². The summed E-state index contributed by atoms with van der Waals surface area (Å²) in [4.78, 5) is 0. The van der Waals surface area contributed by atoms with Crippen LogP contribution in [0.15, 0.2) is 162 Å². The molecule has 0 spiro atoms. The highest BCUT2D eigenvalue weighted by molar-refractivity contribution is 6.27. The van der Waals surface area contributed by atoms with Gasteiger partial charge in [-0.25, -0.2) is 0 Å². The summed E-state index contributed by atoms with van der Waals surface area (Å²) in [7, 11) is 0. The van der Waals surface area contributed by atoms with Gasteiger partial charge in [0.2, 0.25) is 0 Å². The summed E-state index contributed by atoms with van der Waals surface area (Å²) in [6.07, 6.45) is 0. The van der Waals surface area contributed by atoms with Gasteiger partial charge in [-0.1, -0.05) is 146 Å². The molecule has 1 nitrogen and oxygen atoms in total. The van der Waals surface area contributed by atoms with Crippen LogP contribution in [0.3, 0.4) is 0 Å². The van der Waals surface area contributed by atoms with E-state index in [4.69, 9.17) is 4.42 Å². The van der Waals surface area contributed by atoms with Gasteiger partial charge in [-0.15, -0.1) is 0 Å². The van der Waals surface area contributed by atoms with Crippen LogP contribution in [0.1, 0.15) is 0 Å². The molecule has 0 saturated carbocycles. The maximum Gasteiger partial charge on any atom is 0.143 e. The molecule has 1 heteroatoms. The van der Waals surface area contributed by atoms with Crippen LogP contribution in [0.5, 0.6) is 0 Å². The summed E-state index contributed by atoms with van der Waals surface area (Å²) < 4.78 is 6.74. The molecule has 1 heterocycles. The lowest BCUT2D eigenvalue weighted by molar-refractivity contribution is 0.673. The molecule has 0 unspecified atom stereocenters. The molecule has 0 bridgehead atoms. The number of furan rings is 1. The zero-order valence-electron chi connectivity index (χ0n) is 23.4. The fourth-order valence-electron chi connectivity index (χ4n) is 7.05. The number of hydrogen-bond acceptors (Lipinski definition) is 1. The Morgan fingerprint density at radius 3 is 1.47 bits per heavy atom. The van der Waals surface area contributed by atoms with Crippen molar-refractivity contribution in [2.24, 2.45) is 0 Å². The average Bonchev–Trinajstić information content (AvgIpc) is 3.47. The lowest BCUT2D eigenvalue weighted by Gasteiger charge is -2.18. The van der Waals surface area contributed by atoms with E-state index in [0.29, 0.717) is 0 Å². The first-order chi connectivity index (χ1) is 21.4. The molecule has 0 aliphatic rings. The van der Waals surface area contributed by atoms with Crippen LogP contribution >= 0.6 is 0 Å². The molecule has 9 aromatic rings. The molecule has 0 atom stereocenters. The summed E-state index contributed by atoms with van der Waals surface area (Å²) in [5, 5.41) is 9.62. The number of benzene rings is 8. The van der Waals surface area contributed by atoms with Crippen molar-refractivity contribution in [1.29, 1.82) is 0 Å². The first-order valence-corrected chi connectivity index (χ1v) is 14.8. The lowest BCUT2D eigenvalue weighted by Crippen LogP contribution is -1.91. The largest absolute Gasteiger partial charge is 0.455 e. The number of rotatable bonds is 3. The third kappa shape index (κ3) is 3.58. The van der Waals surface area contributed by atoms with E-state index in [-0.39, 0.29) is 0 Å². The molecule has 0 amide bonds. The molecule has 0 fully saturated rings. The highest BCUT2D eigenvalue weighted by Crippen LogP contribution is 2.48. The first kappa shape index (κ1) is 24.0. The molecule has 200 valence electrons. The van der Waals surface area contributed by atoms with Crippen molar-refractivity contribution in [3.8, 4) is 33.4 Å². The Labute approximate surface area is 249 Å². The Bertz CT molecular complexity index is 2430. The van der Waals surface area contributed by atoms with Gasteiger partial charge in [0, 0.05) is 16.2 Å². The summed E-state index contributed by atoms with van der Waals surface area (Å²) in [5.41, 5.74) is 9.21. The monoisotopic (exact) mass is 546 g/mol. The smallest absolute Gasteiger partial charge is 0.143 e.